The number of H-pyrrole nitrogens is 1. The van der Waals surface area contributed by atoms with Crippen LogP contribution in [0.25, 0.3) is 27.4 Å². The van der Waals surface area contributed by atoms with E-state index in [9.17, 15) is 9.90 Å². The molecule has 0 aliphatic carbocycles. The van der Waals surface area contributed by atoms with E-state index < -0.39 is 0 Å². The van der Waals surface area contributed by atoms with Crippen LogP contribution in [0.5, 0.6) is 11.6 Å². The highest BCUT2D eigenvalue weighted by Crippen LogP contribution is 2.27. The summed E-state index contributed by atoms with van der Waals surface area (Å²) >= 11 is 0. The van der Waals surface area contributed by atoms with E-state index >= 15 is 0 Å². The van der Waals surface area contributed by atoms with Crippen LogP contribution in [0.2, 0.25) is 0 Å². The number of aliphatic imine (C=N–C) groups is 1. The summed E-state index contributed by atoms with van der Waals surface area (Å²) in [5.41, 5.74) is 3.03. The van der Waals surface area contributed by atoms with Crippen LogP contribution in [0.3, 0.4) is 0 Å². The summed E-state index contributed by atoms with van der Waals surface area (Å²) in [4.78, 5) is 21.1. The zero-order valence-electron chi connectivity index (χ0n) is 18.2. The van der Waals surface area contributed by atoms with E-state index in [4.69, 9.17) is 4.74 Å². The molecule has 2 heterocycles. The number of rotatable bonds is 6. The molecule has 0 spiro atoms. The van der Waals surface area contributed by atoms with Gasteiger partial charge in [0.25, 0.3) is 5.56 Å². The maximum absolute atomic E-state index is 13.2. The Morgan fingerprint density at radius 2 is 1.76 bits per heavy atom. The van der Waals surface area contributed by atoms with E-state index in [1.165, 1.54) is 15.5 Å². The number of pyridine rings is 1. The fourth-order valence-electron chi connectivity index (χ4n) is 4.16. The van der Waals surface area contributed by atoms with Crippen LogP contribution in [-0.4, -0.2) is 34.5 Å². The van der Waals surface area contributed by atoms with Crippen LogP contribution in [-0.2, 0) is 6.42 Å². The van der Waals surface area contributed by atoms with Crippen LogP contribution in [0.4, 0.5) is 0 Å². The molecule has 0 fully saturated rings. The number of nitrogens with one attached hydrogen (secondary N) is 1. The highest BCUT2D eigenvalue weighted by atomic mass is 16.5. The van der Waals surface area contributed by atoms with Crippen molar-refractivity contribution in [3.8, 4) is 17.3 Å². The maximum Gasteiger partial charge on any atom is 0.265 e. The van der Waals surface area contributed by atoms with Crippen molar-refractivity contribution in [2.24, 2.45) is 4.99 Å². The van der Waals surface area contributed by atoms with E-state index in [0.717, 1.165) is 11.9 Å². The minimum absolute atomic E-state index is 0.150. The van der Waals surface area contributed by atoms with Crippen molar-refractivity contribution in [1.82, 2.24) is 9.55 Å². The molecule has 0 bridgehead atoms. The van der Waals surface area contributed by atoms with Gasteiger partial charge in [-0.15, -0.1) is 0 Å². The first-order valence-corrected chi connectivity index (χ1v) is 10.7. The molecular formula is C27H23N3O3. The number of para-hydroxylation sites is 1. The molecule has 3 aromatic carbocycles. The van der Waals surface area contributed by atoms with Crippen LogP contribution >= 0.6 is 0 Å². The van der Waals surface area contributed by atoms with E-state index in [1.54, 1.807) is 43.7 Å². The molecule has 164 valence electrons. The predicted octanol–water partition coefficient (Wildman–Crippen LogP) is 4.85. The van der Waals surface area contributed by atoms with Gasteiger partial charge in [0.15, 0.2) is 0 Å². The van der Waals surface area contributed by atoms with Gasteiger partial charge in [0.2, 0.25) is 5.88 Å². The molecule has 0 unspecified atom stereocenters. The van der Waals surface area contributed by atoms with Gasteiger partial charge in [0, 0.05) is 46.7 Å². The molecule has 0 aliphatic heterocycles. The molecule has 6 nitrogen and oxygen atoms in total. The lowest BCUT2D eigenvalue weighted by atomic mass is 10.1. The average molecular weight is 437 g/mol. The number of methoxy groups -OCH3 is 1. The zero-order chi connectivity index (χ0) is 22.8. The lowest BCUT2D eigenvalue weighted by Crippen LogP contribution is -2.20. The van der Waals surface area contributed by atoms with Gasteiger partial charge in [-0.2, -0.15) is 0 Å². The minimum Gasteiger partial charge on any atom is -0.497 e. The standard InChI is InChI=1S/C27H23N3O3/c1-33-20-8-6-7-19(15-20)30-26(31)23-11-3-2-10-22(23)24(27(30)32)17-28-14-13-18-16-29-25-12-5-4-9-21(18)25/h2-12,15-17,29,32H,13-14H2,1H3. The third-order valence-electron chi connectivity index (χ3n) is 5.82. The summed E-state index contributed by atoms with van der Waals surface area (Å²) in [6.07, 6.45) is 4.42. The molecule has 0 radical (unpaired) electrons. The SMILES string of the molecule is COc1cccc(-n2c(O)c(C=NCCc3c[nH]c4ccccc34)c3ccccc3c2=O)c1. The average Bonchev–Trinajstić information content (AvgIpc) is 3.27. The van der Waals surface area contributed by atoms with Crippen molar-refractivity contribution in [1.29, 1.82) is 0 Å². The Bertz CT molecular complexity index is 1550. The Balaban J connectivity index is 1.53. The summed E-state index contributed by atoms with van der Waals surface area (Å²) in [7, 11) is 1.56. The van der Waals surface area contributed by atoms with Gasteiger partial charge in [0.1, 0.15) is 5.75 Å². The second-order valence-electron chi connectivity index (χ2n) is 7.77. The van der Waals surface area contributed by atoms with Gasteiger partial charge in [-0.1, -0.05) is 42.5 Å². The normalized spacial score (nSPS) is 11.5. The van der Waals surface area contributed by atoms with Crippen LogP contribution in [0.15, 0.2) is 88.8 Å². The van der Waals surface area contributed by atoms with Gasteiger partial charge >= 0.3 is 0 Å². The number of nitrogens with zero attached hydrogens (tertiary/aromatic N) is 2. The van der Waals surface area contributed by atoms with Gasteiger partial charge in [0.05, 0.1) is 18.4 Å². The molecule has 5 aromatic rings. The number of aromatic hydroxyl groups is 1. The molecular weight excluding hydrogens is 414 g/mol. The zero-order valence-corrected chi connectivity index (χ0v) is 18.2. The monoisotopic (exact) mass is 437 g/mol. The summed E-state index contributed by atoms with van der Waals surface area (Å²) in [5.74, 6) is 0.448. The fraction of sp³-hybridized carbons (Fsp3) is 0.111. The van der Waals surface area contributed by atoms with Gasteiger partial charge in [-0.25, -0.2) is 4.57 Å². The Morgan fingerprint density at radius 1 is 1.00 bits per heavy atom. The number of ether oxygens (including phenoxy) is 1. The Morgan fingerprint density at radius 3 is 2.58 bits per heavy atom. The van der Waals surface area contributed by atoms with Gasteiger partial charge in [-0.05, 0) is 36.2 Å². The maximum atomic E-state index is 13.2. The Kier molecular flexibility index (Phi) is 5.40. The Hall–Kier alpha value is -4.32. The third kappa shape index (κ3) is 3.76. The summed E-state index contributed by atoms with van der Waals surface area (Å²) < 4.78 is 6.59. The summed E-state index contributed by atoms with van der Waals surface area (Å²) in [5, 5.41) is 13.5. The van der Waals surface area contributed by atoms with Crippen molar-refractivity contribution in [3.63, 3.8) is 0 Å². The van der Waals surface area contributed by atoms with Crippen LogP contribution in [0, 0.1) is 0 Å². The molecule has 0 amide bonds. The number of benzene rings is 3. The second-order valence-corrected chi connectivity index (χ2v) is 7.77. The first-order valence-electron chi connectivity index (χ1n) is 10.7. The Labute approximate surface area is 190 Å². The molecule has 5 rings (SSSR count). The van der Waals surface area contributed by atoms with Crippen molar-refractivity contribution in [2.75, 3.05) is 13.7 Å². The first-order chi connectivity index (χ1) is 16.2. The van der Waals surface area contributed by atoms with Crippen molar-refractivity contribution >= 4 is 27.9 Å². The molecule has 0 saturated heterocycles. The van der Waals surface area contributed by atoms with E-state index in [2.05, 4.69) is 16.0 Å². The van der Waals surface area contributed by atoms with Crippen molar-refractivity contribution in [2.45, 2.75) is 6.42 Å². The fourth-order valence-corrected chi connectivity index (χ4v) is 4.16. The molecule has 0 aliphatic rings. The smallest absolute Gasteiger partial charge is 0.265 e. The first kappa shape index (κ1) is 20.6. The number of fused-ring (bicyclic) bond motifs is 2. The quantitative estimate of drug-likeness (QED) is 0.373. The third-order valence-corrected chi connectivity index (χ3v) is 5.82. The number of aromatic nitrogens is 2. The van der Waals surface area contributed by atoms with E-state index in [0.29, 0.717) is 34.3 Å². The number of aromatic amines is 1. The number of hydrogen-bond donors (Lipinski definition) is 2. The number of hydrogen-bond acceptors (Lipinski definition) is 4. The van der Waals surface area contributed by atoms with Crippen molar-refractivity contribution < 1.29 is 9.84 Å². The lowest BCUT2D eigenvalue weighted by Gasteiger charge is -2.14. The van der Waals surface area contributed by atoms with Crippen molar-refractivity contribution in [3.05, 3.63) is 100 Å². The molecule has 2 N–H and O–H groups in total. The minimum atomic E-state index is -0.299. The highest BCUT2D eigenvalue weighted by Gasteiger charge is 2.16. The van der Waals surface area contributed by atoms with Gasteiger partial charge < -0.3 is 14.8 Å². The summed E-state index contributed by atoms with van der Waals surface area (Å²) in [6, 6.07) is 22.5. The molecule has 33 heavy (non-hydrogen) atoms. The molecule has 0 saturated carbocycles. The van der Waals surface area contributed by atoms with Crippen LogP contribution < -0.4 is 10.3 Å². The van der Waals surface area contributed by atoms with Crippen LogP contribution in [0.1, 0.15) is 11.1 Å². The topological polar surface area (TPSA) is 79.6 Å². The second kappa shape index (κ2) is 8.67. The van der Waals surface area contributed by atoms with E-state index in [-0.39, 0.29) is 11.4 Å². The van der Waals surface area contributed by atoms with E-state index in [1.807, 2.05) is 42.6 Å². The predicted molar refractivity (Wildman–Crippen MR) is 132 cm³/mol. The molecule has 0 atom stereocenters. The molecule has 2 aromatic heterocycles. The molecule has 6 heteroatoms. The highest BCUT2D eigenvalue weighted by molar-refractivity contribution is 6.01. The summed E-state index contributed by atoms with van der Waals surface area (Å²) in [6.45, 7) is 0.550. The lowest BCUT2D eigenvalue weighted by molar-refractivity contribution is 0.413. The van der Waals surface area contributed by atoms with Gasteiger partial charge in [-0.3, -0.25) is 9.79 Å². The largest absolute Gasteiger partial charge is 0.497 e.